The van der Waals surface area contributed by atoms with E-state index in [-0.39, 0.29) is 24.2 Å². The number of methoxy groups -OCH3 is 1. The summed E-state index contributed by atoms with van der Waals surface area (Å²) in [6.07, 6.45) is -8.92. The average molecular weight is 800 g/mol. The molecule has 57 heavy (non-hydrogen) atoms. The molecule has 2 bridgehead atoms. The van der Waals surface area contributed by atoms with E-state index in [4.69, 9.17) is 28.4 Å². The summed E-state index contributed by atoms with van der Waals surface area (Å²) in [5, 5.41) is 39.4. The van der Waals surface area contributed by atoms with Crippen molar-refractivity contribution in [1.82, 2.24) is 5.32 Å². The fourth-order valence-electron chi connectivity index (χ4n) is 9.34. The zero-order valence-electron chi connectivity index (χ0n) is 34.5. The first-order valence-electron chi connectivity index (χ1n) is 19.1. The number of amides is 1. The Labute approximate surface area is 333 Å². The van der Waals surface area contributed by atoms with Crippen LogP contribution in [0.5, 0.6) is 0 Å². The Hall–Kier alpha value is -4.15. The van der Waals surface area contributed by atoms with Gasteiger partial charge >= 0.3 is 24.0 Å². The Morgan fingerprint density at radius 2 is 1.67 bits per heavy atom. The maximum atomic E-state index is 15.2. The Bertz CT molecular complexity index is 1830. The lowest BCUT2D eigenvalue weighted by Gasteiger charge is -2.67. The number of carbonyl (C=O) groups excluding carboxylic acids is 5. The topological polar surface area (TPSA) is 213 Å². The maximum absolute atomic E-state index is 15.2. The molecule has 1 amide bonds. The predicted octanol–water partition coefficient (Wildman–Crippen LogP) is 3.51. The molecule has 1 aromatic rings. The molecule has 15 heteroatoms. The predicted molar refractivity (Wildman–Crippen MR) is 202 cm³/mol. The average Bonchev–Trinajstić information content (AvgIpc) is 3.10. The first kappa shape index (κ1) is 44.0. The number of Topliss-reactive ketones (excluding diaryl/α,β-unsaturated/α-hetero) is 1. The molecular formula is C42H57NO14. The quantitative estimate of drug-likeness (QED) is 0.160. The highest BCUT2D eigenvalue weighted by atomic mass is 16.6. The smallest absolute Gasteiger partial charge is 0.408 e. The van der Waals surface area contributed by atoms with Crippen LogP contribution in [0.3, 0.4) is 0 Å². The van der Waals surface area contributed by atoms with Crippen LogP contribution in [0.25, 0.3) is 0 Å². The molecule has 1 aromatic carbocycles. The van der Waals surface area contributed by atoms with E-state index in [1.807, 2.05) is 0 Å². The number of allylic oxidation sites excluding steroid dienone is 1. The van der Waals surface area contributed by atoms with E-state index in [1.54, 1.807) is 73.6 Å². The highest BCUT2D eigenvalue weighted by Crippen LogP contribution is 2.64. The number of rotatable bonds is 9. The van der Waals surface area contributed by atoms with Crippen LogP contribution in [0.2, 0.25) is 0 Å². The summed E-state index contributed by atoms with van der Waals surface area (Å²) in [5.41, 5.74) is -6.91. The number of aliphatic hydroxyl groups is 3. The number of hydrogen-bond donors (Lipinski definition) is 4. The van der Waals surface area contributed by atoms with E-state index >= 15 is 4.79 Å². The highest BCUT2D eigenvalue weighted by Gasteiger charge is 2.78. The minimum Gasteiger partial charge on any atom is -0.456 e. The van der Waals surface area contributed by atoms with Crippen LogP contribution in [0.4, 0.5) is 4.79 Å². The molecular weight excluding hydrogens is 742 g/mol. The molecule has 0 aromatic heterocycles. The van der Waals surface area contributed by atoms with Crippen LogP contribution in [0.1, 0.15) is 92.4 Å². The summed E-state index contributed by atoms with van der Waals surface area (Å²) in [7, 11) is 1.29. The highest BCUT2D eigenvalue weighted by molar-refractivity contribution is 5.94. The molecule has 0 unspecified atom stereocenters. The van der Waals surface area contributed by atoms with Crippen molar-refractivity contribution < 1.29 is 67.7 Å². The van der Waals surface area contributed by atoms with Gasteiger partial charge in [-0.3, -0.25) is 9.59 Å². The molecule has 15 nitrogen and oxygen atoms in total. The van der Waals surface area contributed by atoms with Gasteiger partial charge in [-0.25, -0.2) is 14.4 Å². The van der Waals surface area contributed by atoms with Crippen molar-refractivity contribution in [2.24, 2.45) is 16.7 Å². The maximum Gasteiger partial charge on any atom is 0.408 e. The molecule has 0 radical (unpaired) electrons. The number of alkyl carbamates (subject to hydrolysis) is 1. The van der Waals surface area contributed by atoms with Crippen molar-refractivity contribution in [1.29, 1.82) is 0 Å². The van der Waals surface area contributed by atoms with Gasteiger partial charge in [0.1, 0.15) is 35.6 Å². The fraction of sp³-hybridized carbons (Fsp3) is 0.643. The van der Waals surface area contributed by atoms with Gasteiger partial charge in [-0.1, -0.05) is 43.7 Å². The van der Waals surface area contributed by atoms with Gasteiger partial charge in [0.25, 0.3) is 0 Å². The normalized spacial score (nSPS) is 34.0. The largest absolute Gasteiger partial charge is 0.456 e. The van der Waals surface area contributed by atoms with Crippen molar-refractivity contribution >= 4 is 29.8 Å². The van der Waals surface area contributed by atoms with Crippen molar-refractivity contribution in [3.63, 3.8) is 0 Å². The molecule has 3 aliphatic carbocycles. The van der Waals surface area contributed by atoms with E-state index in [1.165, 1.54) is 39.2 Å². The molecule has 5 rings (SSSR count). The molecule has 0 spiro atoms. The molecule has 2 saturated carbocycles. The van der Waals surface area contributed by atoms with Crippen LogP contribution >= 0.6 is 0 Å². The second-order valence-corrected chi connectivity index (χ2v) is 17.7. The lowest BCUT2D eigenvalue weighted by molar-refractivity contribution is -0.346. The minimum atomic E-state index is -2.26. The Balaban J connectivity index is 1.69. The second kappa shape index (κ2) is 15.6. The van der Waals surface area contributed by atoms with Gasteiger partial charge in [-0.2, -0.15) is 0 Å². The standard InChI is InChI=1S/C42H57NO14/c1-21(2)17-25(43-37(50)57-38(5,6)7)30(46)36(49)54-26-19-42(51)34(55-35(48)24-15-13-12-14-16-24)32-40(10,27(45)18-28-41(32,20-53-28)56-23(4)44)33(47)31(52-11)29(22(26)3)39(42,8)9/h12-17,25-28,30-32,34,45-46,51H,18-20H2,1-11H3,(H,43,50)/t25-,26-,27-,28+,30+,31+,32-,34-,40+,41-,42+/m0/s1. The summed E-state index contributed by atoms with van der Waals surface area (Å²) in [4.78, 5) is 69.0. The third-order valence-electron chi connectivity index (χ3n) is 12.2. The van der Waals surface area contributed by atoms with Gasteiger partial charge in [-0.15, -0.1) is 0 Å². The number of esters is 3. The monoisotopic (exact) mass is 799 g/mol. The number of ketones is 1. The van der Waals surface area contributed by atoms with Gasteiger partial charge in [0.2, 0.25) is 0 Å². The number of ether oxygens (including phenoxy) is 6. The lowest BCUT2D eigenvalue weighted by atomic mass is 9.44. The van der Waals surface area contributed by atoms with E-state index in [0.717, 1.165) is 0 Å². The molecule has 4 N–H and O–H groups in total. The van der Waals surface area contributed by atoms with E-state index in [0.29, 0.717) is 11.1 Å². The van der Waals surface area contributed by atoms with Gasteiger partial charge < -0.3 is 49.1 Å². The number of carbonyl (C=O) groups is 5. The first-order valence-corrected chi connectivity index (χ1v) is 19.1. The third kappa shape index (κ3) is 7.64. The molecule has 3 fully saturated rings. The summed E-state index contributed by atoms with van der Waals surface area (Å²) < 4.78 is 35.6. The molecule has 1 aliphatic heterocycles. The summed E-state index contributed by atoms with van der Waals surface area (Å²) in [6, 6.07) is 6.67. The fourth-order valence-corrected chi connectivity index (χ4v) is 9.34. The summed E-state index contributed by atoms with van der Waals surface area (Å²) in [5.74, 6) is -4.88. The number of nitrogens with one attached hydrogen (secondary N) is 1. The Morgan fingerprint density at radius 1 is 1.04 bits per heavy atom. The zero-order chi connectivity index (χ0) is 42.6. The molecule has 11 atom stereocenters. The number of hydrogen-bond acceptors (Lipinski definition) is 14. The zero-order valence-corrected chi connectivity index (χ0v) is 34.5. The van der Waals surface area contributed by atoms with Crippen LogP contribution in [-0.2, 0) is 42.8 Å². The van der Waals surface area contributed by atoms with Crippen LogP contribution in [0, 0.1) is 16.7 Å². The lowest BCUT2D eigenvalue weighted by Crippen LogP contribution is -2.81. The number of aliphatic hydroxyl groups excluding tert-OH is 2. The first-order chi connectivity index (χ1) is 26.3. The second-order valence-electron chi connectivity index (χ2n) is 17.7. The van der Waals surface area contributed by atoms with Crippen LogP contribution < -0.4 is 5.32 Å². The number of fused-ring (bicyclic) bond motifs is 5. The van der Waals surface area contributed by atoms with Crippen molar-refractivity contribution in [2.45, 2.75) is 142 Å². The van der Waals surface area contributed by atoms with E-state index in [9.17, 15) is 34.5 Å². The molecule has 4 aliphatic rings. The van der Waals surface area contributed by atoms with Gasteiger partial charge in [0.15, 0.2) is 17.5 Å². The van der Waals surface area contributed by atoms with Crippen molar-refractivity contribution in [3.05, 3.63) is 58.7 Å². The van der Waals surface area contributed by atoms with Crippen molar-refractivity contribution in [3.8, 4) is 0 Å². The minimum absolute atomic E-state index is 0.111. The third-order valence-corrected chi connectivity index (χ3v) is 12.2. The van der Waals surface area contributed by atoms with Gasteiger partial charge in [-0.05, 0) is 71.7 Å². The van der Waals surface area contributed by atoms with Crippen molar-refractivity contribution in [2.75, 3.05) is 13.7 Å². The Kier molecular flexibility index (Phi) is 12.0. The SMILES string of the molecule is CO[C@H]1C(=O)[C@@]2(C)[C@H]([C@H](OC(=O)c3ccccc3)[C@]3(O)C[C@H](OC(=O)[C@H](O)[C@H](C=C(C)C)NC(=O)OC(C)(C)C)C(C)=C1C3(C)C)[C@]1(OC(C)=O)CO[C@@H]1C[C@@H]2O. The summed E-state index contributed by atoms with van der Waals surface area (Å²) in [6.45, 7) is 15.7. The van der Waals surface area contributed by atoms with E-state index < -0.39 is 112 Å². The molecule has 1 heterocycles. The van der Waals surface area contributed by atoms with E-state index in [2.05, 4.69) is 5.32 Å². The molecule has 314 valence electrons. The van der Waals surface area contributed by atoms with Crippen LogP contribution in [-0.4, -0.2) is 118 Å². The summed E-state index contributed by atoms with van der Waals surface area (Å²) >= 11 is 0. The molecule has 1 saturated heterocycles. The Morgan fingerprint density at radius 3 is 2.19 bits per heavy atom. The van der Waals surface area contributed by atoms with Crippen LogP contribution in [0.15, 0.2) is 53.1 Å². The van der Waals surface area contributed by atoms with Gasteiger partial charge in [0.05, 0.1) is 35.6 Å². The van der Waals surface area contributed by atoms with Gasteiger partial charge in [0, 0.05) is 32.3 Å². The number of benzene rings is 1.